The first-order valence-corrected chi connectivity index (χ1v) is 7.18. The highest BCUT2D eigenvalue weighted by atomic mass is 16.1. The van der Waals surface area contributed by atoms with Crippen LogP contribution in [0.4, 0.5) is 0 Å². The van der Waals surface area contributed by atoms with Crippen molar-refractivity contribution in [3.05, 3.63) is 83.4 Å². The minimum Gasteiger partial charge on any atom is -0.345 e. The Morgan fingerprint density at radius 2 is 1.62 bits per heavy atom. The normalized spacial score (nSPS) is 17.3. The van der Waals surface area contributed by atoms with Crippen molar-refractivity contribution >= 4 is 16.7 Å². The van der Waals surface area contributed by atoms with E-state index >= 15 is 0 Å². The van der Waals surface area contributed by atoms with E-state index in [4.69, 9.17) is 0 Å². The average Bonchev–Trinajstić information content (AvgIpc) is 2.55. The summed E-state index contributed by atoms with van der Waals surface area (Å²) in [4.78, 5) is 12.1. The Morgan fingerprint density at radius 1 is 0.857 bits per heavy atom. The lowest BCUT2D eigenvalue weighted by Gasteiger charge is -2.28. The zero-order chi connectivity index (χ0) is 14.2. The molecule has 0 bridgehead atoms. The van der Waals surface area contributed by atoms with Crippen molar-refractivity contribution in [1.29, 1.82) is 0 Å². The second-order valence-electron chi connectivity index (χ2n) is 5.44. The van der Waals surface area contributed by atoms with Crippen LogP contribution in [-0.4, -0.2) is 5.91 Å². The minimum absolute atomic E-state index is 0.0490. The summed E-state index contributed by atoms with van der Waals surface area (Å²) in [6.45, 7) is 0. The minimum atomic E-state index is -0.0490. The smallest absolute Gasteiger partial charge is 0.225 e. The van der Waals surface area contributed by atoms with Gasteiger partial charge < -0.3 is 5.32 Å². The number of carbonyl (C=O) groups is 1. The molecule has 1 atom stereocenters. The molecule has 1 aliphatic heterocycles. The lowest BCUT2D eigenvalue weighted by molar-refractivity contribution is -0.121. The van der Waals surface area contributed by atoms with Crippen LogP contribution in [0.25, 0.3) is 10.8 Å². The third-order valence-electron chi connectivity index (χ3n) is 4.16. The summed E-state index contributed by atoms with van der Waals surface area (Å²) < 4.78 is 0. The highest BCUT2D eigenvalue weighted by Gasteiger charge is 2.26. The number of hydrogen-bond donors (Lipinski definition) is 1. The predicted molar refractivity (Wildman–Crippen MR) is 84.1 cm³/mol. The van der Waals surface area contributed by atoms with E-state index in [2.05, 4.69) is 41.7 Å². The molecule has 1 aliphatic rings. The molecular formula is C19H15NO. The molecule has 3 aromatic carbocycles. The Kier molecular flexibility index (Phi) is 2.74. The van der Waals surface area contributed by atoms with E-state index in [1.165, 1.54) is 16.3 Å². The van der Waals surface area contributed by atoms with Crippen LogP contribution in [0.2, 0.25) is 0 Å². The molecule has 2 heteroatoms. The first-order valence-electron chi connectivity index (χ1n) is 7.18. The molecule has 0 spiro atoms. The van der Waals surface area contributed by atoms with E-state index in [1.54, 1.807) is 0 Å². The fourth-order valence-electron chi connectivity index (χ4n) is 3.18. The van der Waals surface area contributed by atoms with Crippen LogP contribution in [-0.2, 0) is 11.2 Å². The van der Waals surface area contributed by atoms with Gasteiger partial charge >= 0.3 is 0 Å². The molecule has 3 aromatic rings. The van der Waals surface area contributed by atoms with Gasteiger partial charge in [-0.25, -0.2) is 0 Å². The van der Waals surface area contributed by atoms with Crippen molar-refractivity contribution in [2.75, 3.05) is 0 Å². The molecule has 102 valence electrons. The number of nitrogens with one attached hydrogen (secondary N) is 1. The summed E-state index contributed by atoms with van der Waals surface area (Å²) in [6, 6.07) is 22.7. The van der Waals surface area contributed by atoms with Gasteiger partial charge in [-0.1, -0.05) is 66.7 Å². The number of carbonyl (C=O) groups excluding carboxylic acids is 1. The average molecular weight is 273 g/mol. The molecule has 1 N–H and O–H groups in total. The Hall–Kier alpha value is -2.61. The fraction of sp³-hybridized carbons (Fsp3) is 0.105. The van der Waals surface area contributed by atoms with Crippen LogP contribution in [0, 0.1) is 0 Å². The summed E-state index contributed by atoms with van der Waals surface area (Å²) in [6.07, 6.45) is 0.458. The molecule has 0 radical (unpaired) electrons. The molecule has 2 nitrogen and oxygen atoms in total. The Balaban J connectivity index is 1.95. The van der Waals surface area contributed by atoms with Gasteiger partial charge in [0.15, 0.2) is 0 Å². The lowest BCUT2D eigenvalue weighted by atomic mass is 9.86. The Labute approximate surface area is 123 Å². The number of fused-ring (bicyclic) bond motifs is 3. The third kappa shape index (κ3) is 2.00. The van der Waals surface area contributed by atoms with Crippen LogP contribution < -0.4 is 5.32 Å². The Bertz CT molecular complexity index is 823. The predicted octanol–water partition coefficient (Wildman–Crippen LogP) is 3.60. The highest BCUT2D eigenvalue weighted by molar-refractivity contribution is 5.93. The van der Waals surface area contributed by atoms with Crippen LogP contribution in [0.3, 0.4) is 0 Å². The van der Waals surface area contributed by atoms with Gasteiger partial charge in [-0.2, -0.15) is 0 Å². The van der Waals surface area contributed by atoms with Gasteiger partial charge in [0.1, 0.15) is 0 Å². The molecule has 0 saturated heterocycles. The van der Waals surface area contributed by atoms with Gasteiger partial charge in [-0.05, 0) is 27.5 Å². The second kappa shape index (κ2) is 4.74. The van der Waals surface area contributed by atoms with E-state index < -0.39 is 0 Å². The van der Waals surface area contributed by atoms with Crippen molar-refractivity contribution in [3.63, 3.8) is 0 Å². The van der Waals surface area contributed by atoms with Gasteiger partial charge in [0, 0.05) is 0 Å². The molecule has 4 rings (SSSR count). The number of rotatable bonds is 1. The second-order valence-corrected chi connectivity index (χ2v) is 5.44. The van der Waals surface area contributed by atoms with Crippen molar-refractivity contribution in [3.8, 4) is 0 Å². The largest absolute Gasteiger partial charge is 0.345 e. The summed E-state index contributed by atoms with van der Waals surface area (Å²) in [7, 11) is 0. The summed E-state index contributed by atoms with van der Waals surface area (Å²) in [5.41, 5.74) is 3.49. The van der Waals surface area contributed by atoms with Crippen molar-refractivity contribution < 1.29 is 4.79 Å². The van der Waals surface area contributed by atoms with Gasteiger partial charge in [0.25, 0.3) is 0 Å². The molecule has 1 unspecified atom stereocenters. The number of benzene rings is 3. The van der Waals surface area contributed by atoms with E-state index in [0.29, 0.717) is 6.42 Å². The zero-order valence-corrected chi connectivity index (χ0v) is 11.5. The van der Waals surface area contributed by atoms with Gasteiger partial charge in [-0.3, -0.25) is 4.79 Å². The van der Waals surface area contributed by atoms with Crippen molar-refractivity contribution in [1.82, 2.24) is 5.32 Å². The first kappa shape index (κ1) is 12.2. The Morgan fingerprint density at radius 3 is 2.48 bits per heavy atom. The quantitative estimate of drug-likeness (QED) is 0.721. The number of amides is 1. The standard InChI is InChI=1S/C19H15NO/c21-18-12-17-15-9-5-4-6-13(15)10-11-16(17)19(20-18)14-7-2-1-3-8-14/h1-11,19H,12H2,(H,20,21). The molecule has 21 heavy (non-hydrogen) atoms. The van der Waals surface area contributed by atoms with Gasteiger partial charge in [-0.15, -0.1) is 0 Å². The summed E-state index contributed by atoms with van der Waals surface area (Å²) in [5, 5.41) is 5.49. The molecule has 0 fully saturated rings. The van der Waals surface area contributed by atoms with Crippen LogP contribution in [0.1, 0.15) is 22.7 Å². The molecule has 0 aromatic heterocycles. The third-order valence-corrected chi connectivity index (χ3v) is 4.16. The monoisotopic (exact) mass is 273 g/mol. The fourth-order valence-corrected chi connectivity index (χ4v) is 3.18. The maximum atomic E-state index is 12.1. The molecule has 0 saturated carbocycles. The zero-order valence-electron chi connectivity index (χ0n) is 11.5. The maximum Gasteiger partial charge on any atom is 0.225 e. The molecular weight excluding hydrogens is 258 g/mol. The van der Waals surface area contributed by atoms with Crippen molar-refractivity contribution in [2.45, 2.75) is 12.5 Å². The van der Waals surface area contributed by atoms with E-state index in [1.807, 2.05) is 30.3 Å². The van der Waals surface area contributed by atoms with E-state index in [-0.39, 0.29) is 11.9 Å². The number of hydrogen-bond acceptors (Lipinski definition) is 1. The van der Waals surface area contributed by atoms with Crippen LogP contribution >= 0.6 is 0 Å². The summed E-state index contributed by atoms with van der Waals surface area (Å²) in [5.74, 6) is 0.0905. The van der Waals surface area contributed by atoms with Crippen molar-refractivity contribution in [2.24, 2.45) is 0 Å². The van der Waals surface area contributed by atoms with Gasteiger partial charge in [0.05, 0.1) is 12.5 Å². The highest BCUT2D eigenvalue weighted by Crippen LogP contribution is 2.33. The van der Waals surface area contributed by atoms with Gasteiger partial charge in [0.2, 0.25) is 5.91 Å². The molecule has 1 amide bonds. The lowest BCUT2D eigenvalue weighted by Crippen LogP contribution is -2.35. The van der Waals surface area contributed by atoms with Crippen LogP contribution in [0.15, 0.2) is 66.7 Å². The molecule has 0 aliphatic carbocycles. The first-order chi connectivity index (χ1) is 10.3. The SMILES string of the molecule is O=C1Cc2c(ccc3ccccc23)C(c2ccccc2)N1. The molecule has 1 heterocycles. The summed E-state index contributed by atoms with van der Waals surface area (Å²) >= 11 is 0. The van der Waals surface area contributed by atoms with E-state index in [9.17, 15) is 4.79 Å². The van der Waals surface area contributed by atoms with Crippen LogP contribution in [0.5, 0.6) is 0 Å². The van der Waals surface area contributed by atoms with E-state index in [0.717, 1.165) is 11.1 Å². The topological polar surface area (TPSA) is 29.1 Å². The maximum absolute atomic E-state index is 12.1.